The van der Waals surface area contributed by atoms with Crippen LogP contribution in [0.25, 0.3) is 0 Å². The normalized spacial score (nSPS) is 27.8. The molecule has 0 aliphatic carbocycles. The molecule has 60 valence electrons. The Morgan fingerprint density at radius 3 is 3.27 bits per heavy atom. The van der Waals surface area contributed by atoms with Crippen molar-refractivity contribution in [3.63, 3.8) is 0 Å². The molecule has 11 heavy (non-hydrogen) atoms. The first-order valence-corrected chi connectivity index (χ1v) is 3.44. The fourth-order valence-corrected chi connectivity index (χ4v) is 1.37. The molecule has 2 aliphatic heterocycles. The number of hydrogen-bond acceptors (Lipinski definition) is 3. The van der Waals surface area contributed by atoms with Crippen LogP contribution in [0.3, 0.4) is 0 Å². The van der Waals surface area contributed by atoms with Gasteiger partial charge in [-0.05, 0) is 0 Å². The van der Waals surface area contributed by atoms with Gasteiger partial charge in [0.25, 0.3) is 0 Å². The molecule has 0 unspecified atom stereocenters. The maximum Gasteiger partial charge on any atom is 0.407 e. The molecule has 1 atom stereocenters. The maximum atomic E-state index is 10.5. The van der Waals surface area contributed by atoms with Crippen LogP contribution in [-0.2, 0) is 4.84 Å². The Morgan fingerprint density at radius 1 is 1.82 bits per heavy atom. The molecule has 5 heteroatoms. The van der Waals surface area contributed by atoms with Crippen molar-refractivity contribution in [3.05, 3.63) is 0 Å². The van der Waals surface area contributed by atoms with Crippen molar-refractivity contribution in [1.29, 1.82) is 0 Å². The predicted octanol–water partition coefficient (Wildman–Crippen LogP) is -0.0176. The highest BCUT2D eigenvalue weighted by Gasteiger charge is 2.35. The molecule has 1 amide bonds. The molecule has 0 bridgehead atoms. The number of fused-ring (bicyclic) bond motifs is 1. The van der Waals surface area contributed by atoms with Crippen molar-refractivity contribution in [2.75, 3.05) is 19.7 Å². The quantitative estimate of drug-likeness (QED) is 0.536. The number of likely N-dealkylation sites (tertiary alicyclic amines) is 1. The molecule has 2 rings (SSSR count). The zero-order valence-corrected chi connectivity index (χ0v) is 5.86. The minimum Gasteiger partial charge on any atom is -0.465 e. The summed E-state index contributed by atoms with van der Waals surface area (Å²) in [5, 5.41) is 12.3. The lowest BCUT2D eigenvalue weighted by Crippen LogP contribution is -2.27. The highest BCUT2D eigenvalue weighted by molar-refractivity contribution is 5.94. The van der Waals surface area contributed by atoms with Gasteiger partial charge in [-0.25, -0.2) is 4.79 Å². The first-order valence-electron chi connectivity index (χ1n) is 3.44. The van der Waals surface area contributed by atoms with Crippen molar-refractivity contribution >= 4 is 11.8 Å². The number of carboxylic acid groups (broad SMARTS) is 1. The number of nitrogens with zero attached hydrogens (tertiary/aromatic N) is 2. The van der Waals surface area contributed by atoms with Gasteiger partial charge in [-0.1, -0.05) is 5.16 Å². The summed E-state index contributed by atoms with van der Waals surface area (Å²) in [6.45, 7) is 1.49. The van der Waals surface area contributed by atoms with Crippen LogP contribution < -0.4 is 0 Å². The zero-order chi connectivity index (χ0) is 7.84. The fraction of sp³-hybridized carbons (Fsp3) is 0.667. The van der Waals surface area contributed by atoms with Crippen molar-refractivity contribution in [3.8, 4) is 0 Å². The number of oxime groups is 1. The molecule has 1 fully saturated rings. The Balaban J connectivity index is 2.09. The minimum absolute atomic E-state index is 0.214. The van der Waals surface area contributed by atoms with Crippen molar-refractivity contribution in [2.24, 2.45) is 11.1 Å². The average Bonchev–Trinajstić information content (AvgIpc) is 2.40. The summed E-state index contributed by atoms with van der Waals surface area (Å²) in [4.78, 5) is 16.6. The first kappa shape index (κ1) is 6.45. The average molecular weight is 156 g/mol. The number of carbonyl (C=O) groups is 1. The molecule has 0 aromatic rings. The van der Waals surface area contributed by atoms with Crippen LogP contribution in [0.1, 0.15) is 0 Å². The predicted molar refractivity (Wildman–Crippen MR) is 36.5 cm³/mol. The van der Waals surface area contributed by atoms with Crippen molar-refractivity contribution < 1.29 is 14.7 Å². The number of hydrogen-bond donors (Lipinski definition) is 1. The molecule has 0 spiro atoms. The maximum absolute atomic E-state index is 10.5. The summed E-state index contributed by atoms with van der Waals surface area (Å²) in [7, 11) is 0. The van der Waals surface area contributed by atoms with Gasteiger partial charge in [-0.3, -0.25) is 0 Å². The third-order valence-corrected chi connectivity index (χ3v) is 1.99. The van der Waals surface area contributed by atoms with E-state index in [0.29, 0.717) is 19.7 Å². The van der Waals surface area contributed by atoms with Crippen LogP contribution in [0.5, 0.6) is 0 Å². The second kappa shape index (κ2) is 2.11. The van der Waals surface area contributed by atoms with Crippen LogP contribution in [0.2, 0.25) is 0 Å². The molecular weight excluding hydrogens is 148 g/mol. The molecule has 1 saturated heterocycles. The highest BCUT2D eigenvalue weighted by Crippen LogP contribution is 2.19. The smallest absolute Gasteiger partial charge is 0.407 e. The van der Waals surface area contributed by atoms with Crippen molar-refractivity contribution in [1.82, 2.24) is 4.90 Å². The summed E-state index contributed by atoms with van der Waals surface area (Å²) in [6, 6.07) is 0. The summed E-state index contributed by atoms with van der Waals surface area (Å²) in [6.07, 6.45) is -0.873. The van der Waals surface area contributed by atoms with E-state index in [9.17, 15) is 4.79 Å². The van der Waals surface area contributed by atoms with Crippen LogP contribution in [0, 0.1) is 5.92 Å². The molecule has 0 aromatic heterocycles. The molecular formula is C6H8N2O3. The summed E-state index contributed by atoms with van der Waals surface area (Å²) < 4.78 is 0. The number of rotatable bonds is 0. The summed E-state index contributed by atoms with van der Waals surface area (Å²) >= 11 is 0. The molecule has 2 aliphatic rings. The Labute approximate surface area is 63.2 Å². The van der Waals surface area contributed by atoms with Gasteiger partial charge in [0.15, 0.2) is 0 Å². The Kier molecular flexibility index (Phi) is 1.24. The van der Waals surface area contributed by atoms with E-state index in [0.717, 1.165) is 5.71 Å². The van der Waals surface area contributed by atoms with E-state index >= 15 is 0 Å². The van der Waals surface area contributed by atoms with E-state index in [-0.39, 0.29) is 5.92 Å². The first-order chi connectivity index (χ1) is 5.27. The van der Waals surface area contributed by atoms with Gasteiger partial charge in [-0.15, -0.1) is 0 Å². The Bertz CT molecular complexity index is 226. The second-order valence-electron chi connectivity index (χ2n) is 2.74. The number of amides is 1. The molecule has 0 aromatic carbocycles. The molecule has 0 radical (unpaired) electrons. The molecule has 5 nitrogen and oxygen atoms in total. The van der Waals surface area contributed by atoms with Gasteiger partial charge in [0.1, 0.15) is 6.61 Å². The topological polar surface area (TPSA) is 62.1 Å². The summed E-state index contributed by atoms with van der Waals surface area (Å²) in [5.41, 5.74) is 0.868. The van der Waals surface area contributed by atoms with Gasteiger partial charge >= 0.3 is 6.09 Å². The van der Waals surface area contributed by atoms with Gasteiger partial charge in [0, 0.05) is 6.54 Å². The lowest BCUT2D eigenvalue weighted by molar-refractivity contribution is 0.129. The summed E-state index contributed by atoms with van der Waals surface area (Å²) in [5.74, 6) is 0.214. The third-order valence-electron chi connectivity index (χ3n) is 1.99. The molecule has 0 saturated carbocycles. The monoisotopic (exact) mass is 156 g/mol. The minimum atomic E-state index is -0.873. The van der Waals surface area contributed by atoms with E-state index in [1.54, 1.807) is 0 Å². The van der Waals surface area contributed by atoms with Gasteiger partial charge in [-0.2, -0.15) is 0 Å². The van der Waals surface area contributed by atoms with E-state index in [1.165, 1.54) is 4.90 Å². The van der Waals surface area contributed by atoms with Crippen molar-refractivity contribution in [2.45, 2.75) is 0 Å². The fourth-order valence-electron chi connectivity index (χ4n) is 1.37. The van der Waals surface area contributed by atoms with Crippen LogP contribution in [0.15, 0.2) is 5.16 Å². The SMILES string of the molecule is O=C(O)N1CC2=NOC[C@@H]2C1. The van der Waals surface area contributed by atoms with Crippen LogP contribution in [-0.4, -0.2) is 41.5 Å². The second-order valence-corrected chi connectivity index (χ2v) is 2.74. The highest BCUT2D eigenvalue weighted by atomic mass is 16.6. The lowest BCUT2D eigenvalue weighted by Gasteiger charge is -2.09. The zero-order valence-electron chi connectivity index (χ0n) is 5.86. The van der Waals surface area contributed by atoms with Gasteiger partial charge in [0.05, 0.1) is 18.2 Å². The van der Waals surface area contributed by atoms with E-state index < -0.39 is 6.09 Å². The van der Waals surface area contributed by atoms with Gasteiger partial charge in [0.2, 0.25) is 0 Å². The molecule has 1 N–H and O–H groups in total. The van der Waals surface area contributed by atoms with Crippen LogP contribution in [0.4, 0.5) is 4.79 Å². The van der Waals surface area contributed by atoms with E-state index in [1.807, 2.05) is 0 Å². The largest absolute Gasteiger partial charge is 0.465 e. The Hall–Kier alpha value is -1.26. The third kappa shape index (κ3) is 0.923. The molecule has 2 heterocycles. The van der Waals surface area contributed by atoms with E-state index in [2.05, 4.69) is 5.16 Å². The van der Waals surface area contributed by atoms with Gasteiger partial charge < -0.3 is 14.8 Å². The Morgan fingerprint density at radius 2 is 2.64 bits per heavy atom. The van der Waals surface area contributed by atoms with Crippen LogP contribution >= 0.6 is 0 Å². The standard InChI is InChI=1S/C6H8N2O3/c9-6(10)8-1-4-3-11-7-5(4)2-8/h4H,1-3H2,(H,9,10)/t4-/m0/s1. The van der Waals surface area contributed by atoms with E-state index in [4.69, 9.17) is 9.94 Å². The lowest BCUT2D eigenvalue weighted by atomic mass is 10.1.